The Bertz CT molecular complexity index is 485. The van der Waals surface area contributed by atoms with E-state index in [1.54, 1.807) is 13.3 Å². The van der Waals surface area contributed by atoms with Crippen molar-refractivity contribution in [3.63, 3.8) is 0 Å². The number of aromatic nitrogens is 1. The number of ether oxygens (including phenoxy) is 1. The van der Waals surface area contributed by atoms with Gasteiger partial charge in [-0.1, -0.05) is 6.07 Å². The van der Waals surface area contributed by atoms with Crippen molar-refractivity contribution in [1.29, 1.82) is 0 Å². The zero-order chi connectivity index (χ0) is 10.1. The largest absolute Gasteiger partial charge is 0.496 e. The van der Waals surface area contributed by atoms with Crippen molar-refractivity contribution in [2.24, 2.45) is 0 Å². The quantitative estimate of drug-likeness (QED) is 0.736. The van der Waals surface area contributed by atoms with Crippen molar-refractivity contribution >= 4 is 17.2 Å². The van der Waals surface area contributed by atoms with E-state index < -0.39 is 0 Å². The first-order chi connectivity index (χ1) is 6.77. The minimum absolute atomic E-state index is 0.639. The first-order valence-electron chi connectivity index (χ1n) is 4.37. The van der Waals surface area contributed by atoms with Gasteiger partial charge in [-0.05, 0) is 18.6 Å². The molecule has 1 aromatic carbocycles. The lowest BCUT2D eigenvalue weighted by molar-refractivity contribution is 0.112. The van der Waals surface area contributed by atoms with Crippen LogP contribution in [0.3, 0.4) is 0 Å². The molecule has 14 heavy (non-hydrogen) atoms. The van der Waals surface area contributed by atoms with Crippen LogP contribution in [0.5, 0.6) is 5.75 Å². The third-order valence-corrected chi connectivity index (χ3v) is 2.38. The van der Waals surface area contributed by atoms with Crippen LogP contribution in [0, 0.1) is 6.92 Å². The predicted molar refractivity (Wildman–Crippen MR) is 55.0 cm³/mol. The average molecular weight is 189 g/mol. The molecule has 0 aliphatic heterocycles. The highest BCUT2D eigenvalue weighted by atomic mass is 16.5. The molecule has 72 valence electrons. The van der Waals surface area contributed by atoms with E-state index in [1.807, 2.05) is 19.1 Å². The van der Waals surface area contributed by atoms with Crippen LogP contribution in [-0.4, -0.2) is 18.4 Å². The van der Waals surface area contributed by atoms with Crippen molar-refractivity contribution < 1.29 is 9.53 Å². The number of methoxy groups -OCH3 is 1. The fourth-order valence-electron chi connectivity index (χ4n) is 1.65. The number of aldehydes is 1. The summed E-state index contributed by atoms with van der Waals surface area (Å²) in [6.07, 6.45) is 2.54. The second-order valence-electron chi connectivity index (χ2n) is 3.20. The van der Waals surface area contributed by atoms with Gasteiger partial charge in [0.25, 0.3) is 0 Å². The van der Waals surface area contributed by atoms with E-state index in [-0.39, 0.29) is 0 Å². The maximum absolute atomic E-state index is 10.8. The first-order valence-corrected chi connectivity index (χ1v) is 4.37. The molecule has 0 atom stereocenters. The summed E-state index contributed by atoms with van der Waals surface area (Å²) in [7, 11) is 1.60. The predicted octanol–water partition coefficient (Wildman–Crippen LogP) is 2.30. The number of aryl methyl sites for hydroxylation is 1. The van der Waals surface area contributed by atoms with Gasteiger partial charge in [0.1, 0.15) is 5.75 Å². The van der Waals surface area contributed by atoms with Crippen LogP contribution in [0.4, 0.5) is 0 Å². The molecule has 0 radical (unpaired) electrons. The van der Waals surface area contributed by atoms with Crippen LogP contribution < -0.4 is 4.74 Å². The third-order valence-electron chi connectivity index (χ3n) is 2.38. The van der Waals surface area contributed by atoms with E-state index in [4.69, 9.17) is 4.74 Å². The molecular weight excluding hydrogens is 178 g/mol. The molecule has 0 fully saturated rings. The molecule has 0 aliphatic rings. The maximum atomic E-state index is 10.8. The Morgan fingerprint density at radius 3 is 2.86 bits per heavy atom. The van der Waals surface area contributed by atoms with E-state index >= 15 is 0 Å². The number of H-pyrrole nitrogens is 1. The number of hydrogen-bond donors (Lipinski definition) is 1. The standard InChI is InChI=1S/C11H11NO2/c1-7-3-4-9(14-2)10-8(6-13)5-12-11(7)10/h3-6,12H,1-2H3. The van der Waals surface area contributed by atoms with Gasteiger partial charge in [0.05, 0.1) is 18.0 Å². The molecule has 3 heteroatoms. The molecular formula is C11H11NO2. The van der Waals surface area contributed by atoms with E-state index in [2.05, 4.69) is 4.98 Å². The van der Waals surface area contributed by atoms with E-state index in [0.717, 1.165) is 28.5 Å². The number of carbonyl (C=O) groups excluding carboxylic acids is 1. The summed E-state index contributed by atoms with van der Waals surface area (Å²) in [4.78, 5) is 13.9. The molecule has 0 aliphatic carbocycles. The number of aromatic amines is 1. The van der Waals surface area contributed by atoms with E-state index in [0.29, 0.717) is 5.56 Å². The van der Waals surface area contributed by atoms with Crippen LogP contribution in [0.1, 0.15) is 15.9 Å². The van der Waals surface area contributed by atoms with Crippen LogP contribution in [0.2, 0.25) is 0 Å². The van der Waals surface area contributed by atoms with Crippen LogP contribution in [0.15, 0.2) is 18.3 Å². The number of rotatable bonds is 2. The van der Waals surface area contributed by atoms with Crippen molar-refractivity contribution in [3.05, 3.63) is 29.5 Å². The SMILES string of the molecule is COc1ccc(C)c2[nH]cc(C=O)c12. The molecule has 0 bridgehead atoms. The summed E-state index contributed by atoms with van der Waals surface area (Å²) in [6, 6.07) is 3.84. The molecule has 0 amide bonds. The second kappa shape index (κ2) is 3.18. The van der Waals surface area contributed by atoms with Crippen molar-refractivity contribution in [1.82, 2.24) is 4.98 Å². The molecule has 0 unspecified atom stereocenters. The summed E-state index contributed by atoms with van der Waals surface area (Å²) in [5.74, 6) is 0.731. The lowest BCUT2D eigenvalue weighted by atomic mass is 10.1. The Hall–Kier alpha value is -1.77. The maximum Gasteiger partial charge on any atom is 0.152 e. The third kappa shape index (κ3) is 1.09. The lowest BCUT2D eigenvalue weighted by Crippen LogP contribution is -1.87. The van der Waals surface area contributed by atoms with E-state index in [9.17, 15) is 4.79 Å². The monoisotopic (exact) mass is 189 g/mol. The highest BCUT2D eigenvalue weighted by Crippen LogP contribution is 2.29. The molecule has 2 aromatic rings. The molecule has 0 spiro atoms. The Kier molecular flexibility index (Phi) is 2.00. The molecule has 3 nitrogen and oxygen atoms in total. The Morgan fingerprint density at radius 1 is 1.43 bits per heavy atom. The second-order valence-corrected chi connectivity index (χ2v) is 3.20. The van der Waals surface area contributed by atoms with Crippen LogP contribution in [-0.2, 0) is 0 Å². The van der Waals surface area contributed by atoms with Gasteiger partial charge < -0.3 is 9.72 Å². The minimum atomic E-state index is 0.639. The zero-order valence-electron chi connectivity index (χ0n) is 8.13. The highest BCUT2D eigenvalue weighted by Gasteiger charge is 2.09. The van der Waals surface area contributed by atoms with Gasteiger partial charge in [0.15, 0.2) is 6.29 Å². The van der Waals surface area contributed by atoms with Gasteiger partial charge in [0, 0.05) is 11.8 Å². The number of fused-ring (bicyclic) bond motifs is 1. The van der Waals surface area contributed by atoms with Crippen molar-refractivity contribution in [2.45, 2.75) is 6.92 Å². The first kappa shape index (κ1) is 8.81. The number of carbonyl (C=O) groups is 1. The minimum Gasteiger partial charge on any atom is -0.496 e. The van der Waals surface area contributed by atoms with Crippen LogP contribution >= 0.6 is 0 Å². The normalized spacial score (nSPS) is 10.4. The van der Waals surface area contributed by atoms with E-state index in [1.165, 1.54) is 0 Å². The summed E-state index contributed by atoms with van der Waals surface area (Å²) < 4.78 is 5.20. The number of nitrogens with one attached hydrogen (secondary N) is 1. The van der Waals surface area contributed by atoms with Gasteiger partial charge in [-0.25, -0.2) is 0 Å². The summed E-state index contributed by atoms with van der Waals surface area (Å²) >= 11 is 0. The summed E-state index contributed by atoms with van der Waals surface area (Å²) in [6.45, 7) is 1.99. The fraction of sp³-hybridized carbons (Fsp3) is 0.182. The van der Waals surface area contributed by atoms with Gasteiger partial charge in [0.2, 0.25) is 0 Å². The van der Waals surface area contributed by atoms with Crippen LogP contribution in [0.25, 0.3) is 10.9 Å². The molecule has 1 aromatic heterocycles. The lowest BCUT2D eigenvalue weighted by Gasteiger charge is -2.03. The number of hydrogen-bond acceptors (Lipinski definition) is 2. The Labute approximate surface area is 81.7 Å². The molecule has 1 heterocycles. The summed E-state index contributed by atoms with van der Waals surface area (Å²) in [5.41, 5.74) is 2.71. The van der Waals surface area contributed by atoms with Gasteiger partial charge >= 0.3 is 0 Å². The molecule has 0 saturated heterocycles. The molecule has 1 N–H and O–H groups in total. The smallest absolute Gasteiger partial charge is 0.152 e. The van der Waals surface area contributed by atoms with Gasteiger partial charge in [-0.3, -0.25) is 4.79 Å². The zero-order valence-corrected chi connectivity index (χ0v) is 8.13. The molecule has 2 rings (SSSR count). The van der Waals surface area contributed by atoms with Crippen molar-refractivity contribution in [3.8, 4) is 5.75 Å². The average Bonchev–Trinajstić information content (AvgIpc) is 2.63. The topological polar surface area (TPSA) is 42.1 Å². The van der Waals surface area contributed by atoms with Crippen molar-refractivity contribution in [2.75, 3.05) is 7.11 Å². The number of benzene rings is 1. The molecule has 0 saturated carbocycles. The van der Waals surface area contributed by atoms with Gasteiger partial charge in [-0.2, -0.15) is 0 Å². The highest BCUT2D eigenvalue weighted by molar-refractivity contribution is 6.02. The fourth-order valence-corrected chi connectivity index (χ4v) is 1.65. The Morgan fingerprint density at radius 2 is 2.21 bits per heavy atom. The Balaban J connectivity index is 2.88. The van der Waals surface area contributed by atoms with Gasteiger partial charge in [-0.15, -0.1) is 0 Å². The summed E-state index contributed by atoms with van der Waals surface area (Å²) in [5, 5.41) is 0.863.